The second kappa shape index (κ2) is 5.65. The summed E-state index contributed by atoms with van der Waals surface area (Å²) in [6.07, 6.45) is 4.29. The molecule has 2 N–H and O–H groups in total. The molecule has 1 heterocycles. The van der Waals surface area contributed by atoms with Crippen molar-refractivity contribution >= 4 is 5.97 Å². The molecule has 5 heteroatoms. The summed E-state index contributed by atoms with van der Waals surface area (Å²) in [7, 11) is 1.38. The first-order chi connectivity index (χ1) is 7.58. The lowest BCUT2D eigenvalue weighted by molar-refractivity contribution is -0.145. The number of hydrogen-bond acceptors (Lipinski definition) is 4. The van der Waals surface area contributed by atoms with E-state index < -0.39 is 0 Å². The fourth-order valence-corrected chi connectivity index (χ4v) is 1.48. The Balaban J connectivity index is 2.67. The van der Waals surface area contributed by atoms with E-state index >= 15 is 0 Å². The highest BCUT2D eigenvalue weighted by Gasteiger charge is 2.18. The summed E-state index contributed by atoms with van der Waals surface area (Å²) in [6, 6.07) is 0.322. The SMILES string of the molecule is COC(=O)C(CN)Cc1cnn(C(C)C)c1. The molecule has 0 aliphatic heterocycles. The lowest BCUT2D eigenvalue weighted by atomic mass is 10.0. The number of rotatable bonds is 5. The van der Waals surface area contributed by atoms with E-state index in [1.54, 1.807) is 6.20 Å². The summed E-state index contributed by atoms with van der Waals surface area (Å²) in [5.41, 5.74) is 6.54. The molecular weight excluding hydrogens is 206 g/mol. The molecule has 1 atom stereocenters. The number of carbonyl (C=O) groups is 1. The Bertz CT molecular complexity index is 347. The van der Waals surface area contributed by atoms with Crippen LogP contribution in [0.25, 0.3) is 0 Å². The average Bonchev–Trinajstić information content (AvgIpc) is 2.73. The van der Waals surface area contributed by atoms with E-state index in [1.807, 2.05) is 10.9 Å². The normalized spacial score (nSPS) is 12.8. The summed E-state index contributed by atoms with van der Waals surface area (Å²) in [5, 5.41) is 4.21. The predicted molar refractivity (Wildman–Crippen MR) is 60.9 cm³/mol. The highest BCUT2D eigenvalue weighted by atomic mass is 16.5. The Labute approximate surface area is 95.6 Å². The fourth-order valence-electron chi connectivity index (χ4n) is 1.48. The lowest BCUT2D eigenvalue weighted by Gasteiger charge is -2.10. The Morgan fingerprint density at radius 1 is 1.62 bits per heavy atom. The van der Waals surface area contributed by atoms with Gasteiger partial charge in [-0.3, -0.25) is 9.48 Å². The first-order valence-corrected chi connectivity index (χ1v) is 5.39. The Kier molecular flexibility index (Phi) is 4.49. The molecule has 0 aromatic carbocycles. The van der Waals surface area contributed by atoms with Crippen LogP contribution >= 0.6 is 0 Å². The monoisotopic (exact) mass is 225 g/mol. The van der Waals surface area contributed by atoms with E-state index in [0.717, 1.165) is 5.56 Å². The van der Waals surface area contributed by atoms with Crippen LogP contribution in [-0.2, 0) is 16.0 Å². The lowest BCUT2D eigenvalue weighted by Crippen LogP contribution is -2.26. The van der Waals surface area contributed by atoms with Crippen molar-refractivity contribution < 1.29 is 9.53 Å². The van der Waals surface area contributed by atoms with Gasteiger partial charge in [0.25, 0.3) is 0 Å². The van der Waals surface area contributed by atoms with Gasteiger partial charge in [-0.1, -0.05) is 0 Å². The van der Waals surface area contributed by atoms with Crippen molar-refractivity contribution in [1.29, 1.82) is 0 Å². The first kappa shape index (κ1) is 12.7. The van der Waals surface area contributed by atoms with E-state index in [9.17, 15) is 4.79 Å². The number of ether oxygens (including phenoxy) is 1. The molecule has 0 bridgehead atoms. The number of methoxy groups -OCH3 is 1. The number of nitrogens with zero attached hydrogens (tertiary/aromatic N) is 2. The van der Waals surface area contributed by atoms with Crippen LogP contribution in [0.2, 0.25) is 0 Å². The largest absolute Gasteiger partial charge is 0.469 e. The third kappa shape index (κ3) is 3.06. The minimum atomic E-state index is -0.283. The maximum absolute atomic E-state index is 11.4. The van der Waals surface area contributed by atoms with Crippen molar-refractivity contribution in [2.24, 2.45) is 11.7 Å². The molecule has 1 aromatic rings. The smallest absolute Gasteiger partial charge is 0.310 e. The minimum absolute atomic E-state index is 0.264. The van der Waals surface area contributed by atoms with Gasteiger partial charge >= 0.3 is 5.97 Å². The summed E-state index contributed by atoms with van der Waals surface area (Å²) in [6.45, 7) is 4.40. The molecule has 0 spiro atoms. The van der Waals surface area contributed by atoms with Crippen LogP contribution in [-0.4, -0.2) is 29.4 Å². The maximum atomic E-state index is 11.4. The van der Waals surface area contributed by atoms with Gasteiger partial charge in [0, 0.05) is 18.8 Å². The summed E-state index contributed by atoms with van der Waals surface area (Å²) >= 11 is 0. The van der Waals surface area contributed by atoms with E-state index in [4.69, 9.17) is 5.73 Å². The third-order valence-electron chi connectivity index (χ3n) is 2.49. The maximum Gasteiger partial charge on any atom is 0.310 e. The van der Waals surface area contributed by atoms with Gasteiger partial charge in [0.05, 0.1) is 19.2 Å². The predicted octanol–water partition coefficient (Wildman–Crippen LogP) is 0.754. The van der Waals surface area contributed by atoms with Gasteiger partial charge in [-0.15, -0.1) is 0 Å². The Morgan fingerprint density at radius 2 is 2.31 bits per heavy atom. The van der Waals surface area contributed by atoms with Crippen molar-refractivity contribution in [1.82, 2.24) is 9.78 Å². The summed E-state index contributed by atoms with van der Waals surface area (Å²) in [5.74, 6) is -0.547. The molecule has 1 aromatic heterocycles. The second-order valence-corrected chi connectivity index (χ2v) is 4.08. The average molecular weight is 225 g/mol. The third-order valence-corrected chi connectivity index (χ3v) is 2.49. The molecule has 16 heavy (non-hydrogen) atoms. The van der Waals surface area contributed by atoms with Gasteiger partial charge in [-0.2, -0.15) is 5.10 Å². The van der Waals surface area contributed by atoms with Crippen LogP contribution in [0, 0.1) is 5.92 Å². The summed E-state index contributed by atoms with van der Waals surface area (Å²) < 4.78 is 6.54. The van der Waals surface area contributed by atoms with Gasteiger partial charge in [-0.25, -0.2) is 0 Å². The van der Waals surface area contributed by atoms with Gasteiger partial charge in [0.15, 0.2) is 0 Å². The topological polar surface area (TPSA) is 70.1 Å². The summed E-state index contributed by atoms with van der Waals surface area (Å²) in [4.78, 5) is 11.4. The number of aromatic nitrogens is 2. The molecule has 90 valence electrons. The second-order valence-electron chi connectivity index (χ2n) is 4.08. The number of hydrogen-bond donors (Lipinski definition) is 1. The highest BCUT2D eigenvalue weighted by Crippen LogP contribution is 2.11. The zero-order chi connectivity index (χ0) is 12.1. The molecule has 0 aliphatic rings. The molecule has 0 fully saturated rings. The minimum Gasteiger partial charge on any atom is -0.469 e. The van der Waals surface area contributed by atoms with Crippen LogP contribution in [0.15, 0.2) is 12.4 Å². The van der Waals surface area contributed by atoms with E-state index in [-0.39, 0.29) is 11.9 Å². The van der Waals surface area contributed by atoms with E-state index in [2.05, 4.69) is 23.7 Å². The zero-order valence-electron chi connectivity index (χ0n) is 10.0. The molecule has 0 radical (unpaired) electrons. The number of nitrogens with two attached hydrogens (primary N) is 1. The molecule has 0 aliphatic carbocycles. The van der Waals surface area contributed by atoms with Crippen molar-refractivity contribution in [2.75, 3.05) is 13.7 Å². The molecular formula is C11H19N3O2. The highest BCUT2D eigenvalue weighted by molar-refractivity contribution is 5.72. The van der Waals surface area contributed by atoms with Crippen molar-refractivity contribution in [3.8, 4) is 0 Å². The number of carbonyl (C=O) groups excluding carboxylic acids is 1. The molecule has 1 rings (SSSR count). The van der Waals surface area contributed by atoms with Gasteiger partial charge in [0.1, 0.15) is 0 Å². The number of esters is 1. The van der Waals surface area contributed by atoms with Crippen LogP contribution in [0.1, 0.15) is 25.5 Å². The van der Waals surface area contributed by atoms with Gasteiger partial charge in [0.2, 0.25) is 0 Å². The molecule has 0 saturated carbocycles. The standard InChI is InChI=1S/C11H19N3O2/c1-8(2)14-7-9(6-13-14)4-10(5-12)11(15)16-3/h6-8,10H,4-5,12H2,1-3H3. The zero-order valence-corrected chi connectivity index (χ0v) is 10.0. The molecule has 0 saturated heterocycles. The van der Waals surface area contributed by atoms with Crippen LogP contribution < -0.4 is 5.73 Å². The fraction of sp³-hybridized carbons (Fsp3) is 0.636. The van der Waals surface area contributed by atoms with Crippen molar-refractivity contribution in [3.05, 3.63) is 18.0 Å². The Morgan fingerprint density at radius 3 is 2.75 bits per heavy atom. The van der Waals surface area contributed by atoms with Crippen LogP contribution in [0.3, 0.4) is 0 Å². The van der Waals surface area contributed by atoms with Gasteiger partial charge < -0.3 is 10.5 Å². The van der Waals surface area contributed by atoms with Crippen LogP contribution in [0.5, 0.6) is 0 Å². The van der Waals surface area contributed by atoms with E-state index in [1.165, 1.54) is 7.11 Å². The van der Waals surface area contributed by atoms with Crippen LogP contribution in [0.4, 0.5) is 0 Å². The van der Waals surface area contributed by atoms with E-state index in [0.29, 0.717) is 19.0 Å². The first-order valence-electron chi connectivity index (χ1n) is 5.39. The molecule has 1 unspecified atom stereocenters. The molecule has 0 amide bonds. The van der Waals surface area contributed by atoms with Crippen molar-refractivity contribution in [3.63, 3.8) is 0 Å². The van der Waals surface area contributed by atoms with Crippen molar-refractivity contribution in [2.45, 2.75) is 26.3 Å². The quantitative estimate of drug-likeness (QED) is 0.751. The van der Waals surface area contributed by atoms with Gasteiger partial charge in [-0.05, 0) is 25.8 Å². The molecule has 5 nitrogen and oxygen atoms in total. The Hall–Kier alpha value is -1.36.